The average molecular weight is 572 g/mol. The quantitative estimate of drug-likeness (QED) is 0.291. The van der Waals surface area contributed by atoms with E-state index in [2.05, 4.69) is 28.9 Å². The van der Waals surface area contributed by atoms with Crippen LogP contribution in [0.25, 0.3) is 10.9 Å². The summed E-state index contributed by atoms with van der Waals surface area (Å²) in [6, 6.07) is 11.5. The summed E-state index contributed by atoms with van der Waals surface area (Å²) in [6.45, 7) is 6.29. The first-order valence-electron chi connectivity index (χ1n) is 14.7. The maximum absolute atomic E-state index is 13.0. The predicted molar refractivity (Wildman–Crippen MR) is 156 cm³/mol. The fourth-order valence-electron chi connectivity index (χ4n) is 6.73. The van der Waals surface area contributed by atoms with Crippen LogP contribution in [0, 0.1) is 18.8 Å². The van der Waals surface area contributed by atoms with Crippen LogP contribution in [0.1, 0.15) is 65.7 Å². The number of benzene rings is 2. The largest absolute Gasteiger partial charge is 0.496 e. The topological polar surface area (TPSA) is 101 Å². The van der Waals surface area contributed by atoms with E-state index in [1.54, 1.807) is 19.2 Å². The number of aromatic amines is 1. The van der Waals surface area contributed by atoms with Gasteiger partial charge in [-0.25, -0.2) is 4.79 Å². The number of H-pyrrole nitrogens is 1. The van der Waals surface area contributed by atoms with Crippen molar-refractivity contribution in [2.24, 2.45) is 11.8 Å². The highest BCUT2D eigenvalue weighted by molar-refractivity contribution is 6.05. The number of hydrogen-bond donors (Lipinski definition) is 1. The number of nitrogens with one attached hydrogen (secondary N) is 1. The number of carbonyl (C=O) groups is 3. The maximum Gasteiger partial charge on any atom is 0.363 e. The molecule has 1 N–H and O–H groups in total. The van der Waals surface area contributed by atoms with E-state index in [0.717, 1.165) is 52.7 Å². The van der Waals surface area contributed by atoms with Crippen molar-refractivity contribution < 1.29 is 28.7 Å². The van der Waals surface area contributed by atoms with E-state index in [1.165, 1.54) is 0 Å². The molecule has 2 amide bonds. The van der Waals surface area contributed by atoms with Crippen LogP contribution in [0.4, 0.5) is 0 Å². The summed E-state index contributed by atoms with van der Waals surface area (Å²) >= 11 is 0. The van der Waals surface area contributed by atoms with E-state index in [1.807, 2.05) is 37.4 Å². The molecule has 1 aromatic heterocycles. The number of likely N-dealkylation sites (tertiary alicyclic amines) is 1. The molecule has 9 nitrogen and oxygen atoms in total. The number of amides is 2. The number of ether oxygens (including phenoxy) is 2. The summed E-state index contributed by atoms with van der Waals surface area (Å²) in [7, 11) is 1.71. The number of fused-ring (bicyclic) bond motifs is 2. The first-order chi connectivity index (χ1) is 20.4. The lowest BCUT2D eigenvalue weighted by molar-refractivity contribution is -0.174. The number of imide groups is 1. The van der Waals surface area contributed by atoms with Gasteiger partial charge in [-0.3, -0.25) is 14.5 Å². The van der Waals surface area contributed by atoms with Gasteiger partial charge in [-0.2, -0.15) is 0 Å². The van der Waals surface area contributed by atoms with E-state index >= 15 is 0 Å². The van der Waals surface area contributed by atoms with Crippen LogP contribution >= 0.6 is 0 Å². The highest BCUT2D eigenvalue weighted by atomic mass is 16.7. The first-order valence-corrected chi connectivity index (χ1v) is 14.7. The number of hydrogen-bond acceptors (Lipinski definition) is 7. The monoisotopic (exact) mass is 571 g/mol. The molecule has 2 saturated heterocycles. The van der Waals surface area contributed by atoms with Crippen LogP contribution in [0.15, 0.2) is 54.7 Å². The molecule has 220 valence electrons. The third-order valence-electron chi connectivity index (χ3n) is 8.93. The Balaban J connectivity index is 1.22. The molecule has 0 spiro atoms. The summed E-state index contributed by atoms with van der Waals surface area (Å²) < 4.78 is 11.9. The number of hydroxylamine groups is 2. The van der Waals surface area contributed by atoms with Crippen LogP contribution in [0.3, 0.4) is 0 Å². The Morgan fingerprint density at radius 1 is 1.05 bits per heavy atom. The van der Waals surface area contributed by atoms with Gasteiger partial charge in [0.05, 0.1) is 30.6 Å². The Morgan fingerprint density at radius 2 is 1.76 bits per heavy atom. The van der Waals surface area contributed by atoms with Crippen LogP contribution in [-0.4, -0.2) is 59.1 Å². The van der Waals surface area contributed by atoms with Crippen molar-refractivity contribution >= 4 is 28.7 Å². The molecular weight excluding hydrogens is 534 g/mol. The Hall–Kier alpha value is -3.95. The standard InChI is InChI=1S/C33H37N3O6/c1-4-41-23-14-16-35(19-27-24-13-15-34-30(24)20(2)17-29(27)40-3)28(18-23)21-9-11-22(12-10-21)33(39)42-36-31(37)25-7-5-6-8-26(25)32(36)38/h5-6,9-13,15,17,23,25-26,28,34H,4,7-8,14,16,18-19H2,1-3H3/t23-,25?,26?,28?/m0/s1. The molecule has 4 atom stereocenters. The minimum absolute atomic E-state index is 0.0535. The van der Waals surface area contributed by atoms with Crippen molar-refractivity contribution in [2.45, 2.75) is 58.2 Å². The van der Waals surface area contributed by atoms with E-state index in [4.69, 9.17) is 14.3 Å². The van der Waals surface area contributed by atoms with E-state index in [0.29, 0.717) is 31.1 Å². The van der Waals surface area contributed by atoms with Crippen molar-refractivity contribution in [3.05, 3.63) is 77.0 Å². The minimum atomic E-state index is -0.721. The number of allylic oxidation sites excluding steroid dienone is 2. The molecule has 9 heteroatoms. The van der Waals surface area contributed by atoms with Gasteiger partial charge >= 0.3 is 5.97 Å². The second-order valence-electron chi connectivity index (χ2n) is 11.4. The van der Waals surface area contributed by atoms with Gasteiger partial charge in [0.15, 0.2) is 0 Å². The molecule has 0 bridgehead atoms. The minimum Gasteiger partial charge on any atom is -0.496 e. The molecule has 3 heterocycles. The second-order valence-corrected chi connectivity index (χ2v) is 11.4. The van der Waals surface area contributed by atoms with Crippen molar-refractivity contribution in [3.8, 4) is 5.75 Å². The number of piperidine rings is 1. The van der Waals surface area contributed by atoms with Crippen molar-refractivity contribution in [2.75, 3.05) is 20.3 Å². The molecule has 2 aliphatic heterocycles. The van der Waals surface area contributed by atoms with Crippen LogP contribution < -0.4 is 4.74 Å². The van der Waals surface area contributed by atoms with Crippen LogP contribution in [-0.2, 0) is 25.7 Å². The van der Waals surface area contributed by atoms with Crippen LogP contribution in [0.2, 0.25) is 0 Å². The molecule has 3 aliphatic rings. The second kappa shape index (κ2) is 11.7. The van der Waals surface area contributed by atoms with Gasteiger partial charge in [0.2, 0.25) is 0 Å². The molecule has 3 unspecified atom stereocenters. The van der Waals surface area contributed by atoms with Crippen molar-refractivity contribution in [1.82, 2.24) is 14.9 Å². The Morgan fingerprint density at radius 3 is 2.43 bits per heavy atom. The molecule has 0 radical (unpaired) electrons. The fourth-order valence-corrected chi connectivity index (χ4v) is 6.73. The van der Waals surface area contributed by atoms with E-state index in [-0.39, 0.29) is 17.7 Å². The number of rotatable bonds is 8. The normalized spacial score (nSPS) is 24.3. The zero-order chi connectivity index (χ0) is 29.4. The van der Waals surface area contributed by atoms with E-state index < -0.39 is 29.6 Å². The third-order valence-corrected chi connectivity index (χ3v) is 8.93. The molecule has 3 aromatic rings. The summed E-state index contributed by atoms with van der Waals surface area (Å²) in [5.41, 5.74) is 4.72. The maximum atomic E-state index is 13.0. The fraction of sp³-hybridized carbons (Fsp3) is 0.424. The summed E-state index contributed by atoms with van der Waals surface area (Å²) in [5, 5.41) is 1.82. The van der Waals surface area contributed by atoms with Gasteiger partial charge in [0.1, 0.15) is 5.75 Å². The van der Waals surface area contributed by atoms with Crippen molar-refractivity contribution in [3.63, 3.8) is 0 Å². The smallest absolute Gasteiger partial charge is 0.363 e. The van der Waals surface area contributed by atoms with Gasteiger partial charge in [-0.05, 0) is 74.9 Å². The molecule has 1 aliphatic carbocycles. The zero-order valence-electron chi connectivity index (χ0n) is 24.3. The van der Waals surface area contributed by atoms with Gasteiger partial charge in [-0.1, -0.05) is 24.3 Å². The molecule has 42 heavy (non-hydrogen) atoms. The van der Waals surface area contributed by atoms with Crippen LogP contribution in [0.5, 0.6) is 5.75 Å². The lowest BCUT2D eigenvalue weighted by Gasteiger charge is -2.40. The summed E-state index contributed by atoms with van der Waals surface area (Å²) in [6.07, 6.45) is 8.62. The highest BCUT2D eigenvalue weighted by Gasteiger charge is 2.49. The number of carbonyl (C=O) groups excluding carboxylic acids is 3. The molecule has 2 fully saturated rings. The Kier molecular flexibility index (Phi) is 7.88. The molecule has 0 saturated carbocycles. The third kappa shape index (κ3) is 5.12. The Bertz CT molecular complexity index is 1500. The number of methoxy groups -OCH3 is 1. The molecule has 6 rings (SSSR count). The average Bonchev–Trinajstić information content (AvgIpc) is 3.60. The zero-order valence-corrected chi connectivity index (χ0v) is 24.3. The summed E-state index contributed by atoms with van der Waals surface area (Å²) in [5.74, 6) is -1.64. The lowest BCUT2D eigenvalue weighted by Crippen LogP contribution is -2.39. The number of nitrogens with zero attached hydrogens (tertiary/aromatic N) is 2. The lowest BCUT2D eigenvalue weighted by atomic mass is 9.85. The first kappa shape index (κ1) is 28.2. The van der Waals surface area contributed by atoms with Gasteiger partial charge in [0.25, 0.3) is 11.8 Å². The predicted octanol–water partition coefficient (Wildman–Crippen LogP) is 5.25. The number of aryl methyl sites for hydroxylation is 1. The molecular formula is C33H37N3O6. The van der Waals surface area contributed by atoms with Gasteiger partial charge < -0.3 is 19.3 Å². The summed E-state index contributed by atoms with van der Waals surface area (Å²) in [4.78, 5) is 49.6. The molecule has 2 aromatic carbocycles. The van der Waals surface area contributed by atoms with Gasteiger partial charge in [0, 0.05) is 48.4 Å². The Labute approximate surface area is 245 Å². The highest BCUT2D eigenvalue weighted by Crippen LogP contribution is 2.38. The van der Waals surface area contributed by atoms with Gasteiger partial charge in [-0.15, -0.1) is 5.06 Å². The van der Waals surface area contributed by atoms with Crippen molar-refractivity contribution in [1.29, 1.82) is 0 Å². The van der Waals surface area contributed by atoms with E-state index in [9.17, 15) is 14.4 Å². The number of aromatic nitrogens is 1. The SMILES string of the molecule is CCO[C@H]1CCN(Cc2c(OC)cc(C)c3[nH]ccc23)C(c2ccc(C(=O)ON3C(=O)C4CC=CCC4C3=O)cc2)C1.